The molecule has 0 saturated heterocycles. The first-order chi connectivity index (χ1) is 17.3. The zero-order chi connectivity index (χ0) is 27.4. The van der Waals surface area contributed by atoms with Gasteiger partial charge >= 0.3 is 6.18 Å². The van der Waals surface area contributed by atoms with Crippen molar-refractivity contribution in [2.45, 2.75) is 18.2 Å². The summed E-state index contributed by atoms with van der Waals surface area (Å²) in [6.45, 7) is 4.37. The molecule has 1 N–H and O–H groups in total. The number of carbonyl (C=O) groups excluding carboxylic acids is 1. The van der Waals surface area contributed by atoms with Gasteiger partial charge in [0.25, 0.3) is 10.0 Å². The number of furan rings is 1. The van der Waals surface area contributed by atoms with Crippen LogP contribution in [0.1, 0.15) is 18.2 Å². The van der Waals surface area contributed by atoms with Gasteiger partial charge in [0.15, 0.2) is 0 Å². The predicted molar refractivity (Wildman–Crippen MR) is 130 cm³/mol. The molecule has 0 aliphatic rings. The van der Waals surface area contributed by atoms with Crippen LogP contribution in [0.15, 0.2) is 74.9 Å². The molecule has 0 aliphatic carbocycles. The molecule has 37 heavy (non-hydrogen) atoms. The number of allylic oxidation sites excluding steroid dienone is 3. The van der Waals surface area contributed by atoms with Crippen molar-refractivity contribution in [3.05, 3.63) is 77.5 Å². The van der Waals surface area contributed by atoms with E-state index in [1.807, 2.05) is 0 Å². The van der Waals surface area contributed by atoms with E-state index in [1.54, 1.807) is 13.0 Å². The van der Waals surface area contributed by atoms with Crippen LogP contribution in [-0.2, 0) is 21.0 Å². The largest absolute Gasteiger partial charge is 0.443 e. The molecule has 0 radical (unpaired) electrons. The average Bonchev–Trinajstić information content (AvgIpc) is 3.28. The van der Waals surface area contributed by atoms with E-state index in [0.29, 0.717) is 11.8 Å². The van der Waals surface area contributed by atoms with Crippen molar-refractivity contribution in [2.24, 2.45) is 4.99 Å². The zero-order valence-electron chi connectivity index (χ0n) is 19.7. The minimum Gasteiger partial charge on any atom is -0.443 e. The van der Waals surface area contributed by atoms with Gasteiger partial charge in [-0.15, -0.1) is 0 Å². The van der Waals surface area contributed by atoms with Crippen molar-refractivity contribution >= 4 is 39.2 Å². The number of hydrogen-bond donors (Lipinski definition) is 1. The van der Waals surface area contributed by atoms with Crippen LogP contribution in [0.5, 0.6) is 0 Å². The van der Waals surface area contributed by atoms with Gasteiger partial charge in [-0.1, -0.05) is 6.08 Å². The van der Waals surface area contributed by atoms with Crippen molar-refractivity contribution in [3.63, 3.8) is 0 Å². The maximum atomic E-state index is 13.4. The second-order valence-corrected chi connectivity index (χ2v) is 9.73. The third-order valence-electron chi connectivity index (χ3n) is 5.18. The second kappa shape index (κ2) is 11.0. The number of rotatable bonds is 9. The number of aliphatic imine (C=N–C) groups is 1. The quantitative estimate of drug-likeness (QED) is 0.247. The molecular formula is C24H22F4N4O4S. The number of hydrogen-bond acceptors (Lipinski definition) is 6. The van der Waals surface area contributed by atoms with Crippen molar-refractivity contribution in [2.75, 3.05) is 20.1 Å². The Morgan fingerprint density at radius 1 is 1.24 bits per heavy atom. The fourth-order valence-electron chi connectivity index (χ4n) is 3.17. The van der Waals surface area contributed by atoms with Gasteiger partial charge in [0.1, 0.15) is 11.4 Å². The van der Waals surface area contributed by atoms with Crippen LogP contribution in [0.2, 0.25) is 0 Å². The molecule has 0 bridgehead atoms. The number of amides is 1. The molecule has 1 amide bonds. The fourth-order valence-corrected chi connectivity index (χ4v) is 4.24. The van der Waals surface area contributed by atoms with Gasteiger partial charge in [0.05, 0.1) is 30.0 Å². The van der Waals surface area contributed by atoms with E-state index in [0.717, 1.165) is 22.5 Å². The summed E-state index contributed by atoms with van der Waals surface area (Å²) in [6.07, 6.45) is -0.720. The summed E-state index contributed by atoms with van der Waals surface area (Å²) >= 11 is 0. The Hall–Kier alpha value is -3.84. The maximum absolute atomic E-state index is 13.4. The summed E-state index contributed by atoms with van der Waals surface area (Å²) in [5.74, 6) is -1.22. The summed E-state index contributed by atoms with van der Waals surface area (Å²) < 4.78 is 83.3. The van der Waals surface area contributed by atoms with Crippen LogP contribution in [-0.4, -0.2) is 50.5 Å². The summed E-state index contributed by atoms with van der Waals surface area (Å²) in [5.41, 5.74) is 0.227. The number of pyridine rings is 1. The fraction of sp³-hybridized carbons (Fsp3) is 0.208. The summed E-state index contributed by atoms with van der Waals surface area (Å²) in [4.78, 5) is 20.0. The minimum atomic E-state index is -4.52. The molecule has 196 valence electrons. The molecule has 2 aromatic heterocycles. The number of benzene rings is 1. The van der Waals surface area contributed by atoms with Crippen molar-refractivity contribution < 1.29 is 35.2 Å². The molecule has 3 rings (SSSR count). The van der Waals surface area contributed by atoms with Crippen molar-refractivity contribution in [1.82, 2.24) is 14.6 Å². The highest BCUT2D eigenvalue weighted by molar-refractivity contribution is 7.89. The molecular weight excluding hydrogens is 516 g/mol. The highest BCUT2D eigenvalue weighted by Gasteiger charge is 2.31. The minimum absolute atomic E-state index is 0.141. The molecule has 1 aromatic carbocycles. The van der Waals surface area contributed by atoms with E-state index >= 15 is 0 Å². The Balaban J connectivity index is 1.65. The van der Waals surface area contributed by atoms with Crippen LogP contribution in [0.25, 0.3) is 16.5 Å². The highest BCUT2D eigenvalue weighted by Crippen LogP contribution is 2.29. The number of sulfonamides is 1. The van der Waals surface area contributed by atoms with E-state index in [2.05, 4.69) is 22.0 Å². The average molecular weight is 539 g/mol. The Labute approximate surface area is 210 Å². The number of halogens is 4. The van der Waals surface area contributed by atoms with Crippen LogP contribution in [0.4, 0.5) is 17.6 Å². The van der Waals surface area contributed by atoms with Crippen molar-refractivity contribution in [1.29, 1.82) is 0 Å². The lowest BCUT2D eigenvalue weighted by Gasteiger charge is -2.15. The summed E-state index contributed by atoms with van der Waals surface area (Å²) in [7, 11) is -3.01. The number of likely N-dealkylation sites (N-methyl/N-ethyl adjacent to an activating group) is 1. The zero-order valence-corrected chi connectivity index (χ0v) is 20.5. The lowest BCUT2D eigenvalue weighted by Crippen LogP contribution is -2.38. The third-order valence-corrected chi connectivity index (χ3v) is 6.84. The Bertz CT molecular complexity index is 1480. The summed E-state index contributed by atoms with van der Waals surface area (Å²) in [6, 6.07) is 6.83. The Morgan fingerprint density at radius 2 is 1.97 bits per heavy atom. The van der Waals surface area contributed by atoms with E-state index in [-0.39, 0.29) is 28.9 Å². The highest BCUT2D eigenvalue weighted by atomic mass is 32.2. The normalized spacial score (nSPS) is 13.3. The van der Waals surface area contributed by atoms with E-state index in [4.69, 9.17) is 4.42 Å². The lowest BCUT2D eigenvalue weighted by atomic mass is 10.1. The molecule has 0 saturated carbocycles. The lowest BCUT2D eigenvalue weighted by molar-refractivity contribution is -0.137. The van der Waals surface area contributed by atoms with Crippen LogP contribution < -0.4 is 5.32 Å². The number of fused-ring (bicyclic) bond motifs is 1. The van der Waals surface area contributed by atoms with Crippen LogP contribution in [0, 0.1) is 5.82 Å². The first-order valence-corrected chi connectivity index (χ1v) is 12.1. The number of carbonyl (C=O) groups is 1. The van der Waals surface area contributed by atoms with Gasteiger partial charge in [-0.05, 0) is 55.6 Å². The first kappa shape index (κ1) is 27.7. The van der Waals surface area contributed by atoms with Crippen molar-refractivity contribution in [3.8, 4) is 0 Å². The van der Waals surface area contributed by atoms with Crippen LogP contribution >= 0.6 is 0 Å². The van der Waals surface area contributed by atoms with Gasteiger partial charge in [-0.2, -0.15) is 17.5 Å². The first-order valence-electron chi connectivity index (χ1n) is 10.6. The van der Waals surface area contributed by atoms with Crippen LogP contribution in [0.3, 0.4) is 0 Å². The second-order valence-electron chi connectivity index (χ2n) is 7.75. The van der Waals surface area contributed by atoms with E-state index < -0.39 is 45.1 Å². The smallest absolute Gasteiger partial charge is 0.417 e. The van der Waals surface area contributed by atoms with Gasteiger partial charge in [-0.25, -0.2) is 12.8 Å². The topological polar surface area (TPSA) is 105 Å². The monoisotopic (exact) mass is 538 g/mol. The molecule has 8 nitrogen and oxygen atoms in total. The number of nitrogens with zero attached hydrogens (tertiary/aromatic N) is 3. The van der Waals surface area contributed by atoms with Gasteiger partial charge in [-0.3, -0.25) is 14.8 Å². The molecule has 0 unspecified atom stereocenters. The Kier molecular flexibility index (Phi) is 8.28. The Morgan fingerprint density at radius 3 is 2.57 bits per heavy atom. The van der Waals surface area contributed by atoms with Gasteiger partial charge < -0.3 is 9.73 Å². The summed E-state index contributed by atoms with van der Waals surface area (Å²) in [5, 5.41) is 2.32. The standard InChI is InChI=1S/C24H22F4N4O4S/c1-4-15(20-7-5-17(12-30-20)24(26,27)28)10-19(29-2)13-31-22(33)14-32(3)37(34,35)23-11-16-9-18(25)6-8-21(16)36-23/h4-12H,2,13-14H2,1,3H3,(H,31,33)/b15-4+,19-10-. The van der Waals surface area contributed by atoms with E-state index in [1.165, 1.54) is 31.3 Å². The van der Waals surface area contributed by atoms with E-state index in [9.17, 15) is 30.8 Å². The third kappa shape index (κ3) is 6.68. The predicted octanol–water partition coefficient (Wildman–Crippen LogP) is 4.41. The number of aromatic nitrogens is 1. The molecule has 0 aliphatic heterocycles. The molecule has 0 spiro atoms. The molecule has 0 atom stereocenters. The molecule has 0 fully saturated rings. The molecule has 2 heterocycles. The van der Waals surface area contributed by atoms with Gasteiger partial charge in [0, 0.05) is 24.7 Å². The number of nitrogens with one attached hydrogen (secondary N) is 1. The molecule has 13 heteroatoms. The SMILES string of the molecule is C=N/C(=C\C(=C/C)c1ccc(C(F)(F)F)cn1)CNC(=O)CN(C)S(=O)(=O)c1cc2cc(F)ccc2o1. The maximum Gasteiger partial charge on any atom is 0.417 e. The molecule has 3 aromatic rings. The van der Waals surface area contributed by atoms with Gasteiger partial charge in [0.2, 0.25) is 11.0 Å². The number of alkyl halides is 3.